The van der Waals surface area contributed by atoms with E-state index in [9.17, 15) is 4.79 Å². The first-order valence-electron chi connectivity index (χ1n) is 7.36. The van der Waals surface area contributed by atoms with Crippen molar-refractivity contribution in [2.24, 2.45) is 0 Å². The molecule has 1 aromatic rings. The van der Waals surface area contributed by atoms with Gasteiger partial charge in [0.2, 0.25) is 5.91 Å². The zero-order chi connectivity index (χ0) is 16.0. The summed E-state index contributed by atoms with van der Waals surface area (Å²) in [5, 5.41) is 1.01. The summed E-state index contributed by atoms with van der Waals surface area (Å²) in [6.45, 7) is 8.35. The molecule has 0 saturated heterocycles. The number of rotatable bonds is 6. The van der Waals surface area contributed by atoms with Crippen molar-refractivity contribution in [2.75, 3.05) is 0 Å². The van der Waals surface area contributed by atoms with Crippen molar-refractivity contribution in [1.29, 1.82) is 0 Å². The van der Waals surface area contributed by atoms with Crippen molar-refractivity contribution < 1.29 is 4.79 Å². The van der Waals surface area contributed by atoms with Gasteiger partial charge in [-0.1, -0.05) is 43.1 Å². The Hall–Kier alpha value is -0.990. The molecule has 0 radical (unpaired) electrons. The van der Waals surface area contributed by atoms with Crippen molar-refractivity contribution in [3.05, 3.63) is 39.9 Å². The molecule has 0 heterocycles. The average Bonchev–Trinajstić information content (AvgIpc) is 2.48. The summed E-state index contributed by atoms with van der Waals surface area (Å²) in [5.74, 6) is 0.0322. The van der Waals surface area contributed by atoms with Crippen LogP contribution in [0.3, 0.4) is 0 Å². The largest absolute Gasteiger partial charge is 0.334 e. The van der Waals surface area contributed by atoms with Gasteiger partial charge in [0.1, 0.15) is 0 Å². The summed E-state index contributed by atoms with van der Waals surface area (Å²) >= 11 is 11.9. The Morgan fingerprint density at radius 3 is 2.19 bits per heavy atom. The van der Waals surface area contributed by atoms with E-state index in [0.29, 0.717) is 10.0 Å². The van der Waals surface area contributed by atoms with Gasteiger partial charge in [-0.25, -0.2) is 0 Å². The minimum atomic E-state index is 0.0322. The van der Waals surface area contributed by atoms with Crippen LogP contribution in [0.1, 0.15) is 46.1 Å². The molecule has 1 amide bonds. The van der Waals surface area contributed by atoms with E-state index in [1.165, 1.54) is 0 Å². The Morgan fingerprint density at radius 2 is 1.71 bits per heavy atom. The molecule has 0 aliphatic rings. The van der Waals surface area contributed by atoms with E-state index in [2.05, 4.69) is 27.7 Å². The predicted octanol–water partition coefficient (Wildman–Crippen LogP) is 5.43. The second-order valence-corrected chi connectivity index (χ2v) is 6.08. The van der Waals surface area contributed by atoms with Crippen molar-refractivity contribution in [1.82, 2.24) is 4.90 Å². The van der Waals surface area contributed by atoms with Gasteiger partial charge >= 0.3 is 0 Å². The maximum Gasteiger partial charge on any atom is 0.247 e. The summed E-state index contributed by atoms with van der Waals surface area (Å²) in [4.78, 5) is 14.4. The molecule has 4 heteroatoms. The summed E-state index contributed by atoms with van der Waals surface area (Å²) in [7, 11) is 0. The molecule has 0 N–H and O–H groups in total. The van der Waals surface area contributed by atoms with Crippen LogP contribution in [-0.2, 0) is 4.79 Å². The SMILES string of the molecule is CCC(C)N(C(=O)/C=C/c1ccc(Cl)c(Cl)c1)C(C)CC. The van der Waals surface area contributed by atoms with Gasteiger partial charge in [-0.05, 0) is 50.5 Å². The van der Waals surface area contributed by atoms with E-state index in [1.54, 1.807) is 24.3 Å². The number of nitrogens with zero attached hydrogens (tertiary/aromatic N) is 1. The van der Waals surface area contributed by atoms with Gasteiger partial charge in [-0.2, -0.15) is 0 Å². The maximum absolute atomic E-state index is 12.4. The highest BCUT2D eigenvalue weighted by Crippen LogP contribution is 2.23. The van der Waals surface area contributed by atoms with Crippen LogP contribution in [0.2, 0.25) is 10.0 Å². The third-order valence-electron chi connectivity index (χ3n) is 3.75. The molecule has 0 fully saturated rings. The Kier molecular flexibility index (Phi) is 7.27. The van der Waals surface area contributed by atoms with Crippen LogP contribution in [-0.4, -0.2) is 22.9 Å². The topological polar surface area (TPSA) is 20.3 Å². The Bertz CT molecular complexity index is 504. The molecule has 0 aliphatic heterocycles. The summed E-state index contributed by atoms with van der Waals surface area (Å²) in [6, 6.07) is 5.78. The van der Waals surface area contributed by atoms with Crippen LogP contribution in [0, 0.1) is 0 Å². The van der Waals surface area contributed by atoms with Gasteiger partial charge in [-0.15, -0.1) is 0 Å². The van der Waals surface area contributed by atoms with E-state index in [-0.39, 0.29) is 18.0 Å². The predicted molar refractivity (Wildman–Crippen MR) is 91.8 cm³/mol. The molecule has 2 nitrogen and oxygen atoms in total. The van der Waals surface area contributed by atoms with E-state index in [4.69, 9.17) is 23.2 Å². The monoisotopic (exact) mass is 327 g/mol. The van der Waals surface area contributed by atoms with Crippen LogP contribution in [0.15, 0.2) is 24.3 Å². The molecule has 1 rings (SSSR count). The number of carbonyl (C=O) groups is 1. The molecule has 0 aromatic heterocycles. The Labute approximate surface area is 137 Å². The first-order chi connectivity index (χ1) is 9.90. The Morgan fingerprint density at radius 1 is 1.14 bits per heavy atom. The standard InChI is InChI=1S/C17H23Cl2NO/c1-5-12(3)20(13(4)6-2)17(21)10-8-14-7-9-15(18)16(19)11-14/h7-13H,5-6H2,1-4H3/b10-8+. The first kappa shape index (κ1) is 18.1. The highest BCUT2D eigenvalue weighted by atomic mass is 35.5. The fraction of sp³-hybridized carbons (Fsp3) is 0.471. The first-order valence-corrected chi connectivity index (χ1v) is 8.11. The van der Waals surface area contributed by atoms with Gasteiger partial charge in [0.15, 0.2) is 0 Å². The van der Waals surface area contributed by atoms with Gasteiger partial charge in [0.05, 0.1) is 10.0 Å². The normalized spacial score (nSPS) is 14.2. The van der Waals surface area contributed by atoms with Gasteiger partial charge in [-0.3, -0.25) is 4.79 Å². The van der Waals surface area contributed by atoms with Crippen molar-refractivity contribution >= 4 is 35.2 Å². The minimum Gasteiger partial charge on any atom is -0.334 e. The molecule has 0 saturated carbocycles. The van der Waals surface area contributed by atoms with Gasteiger partial charge in [0.25, 0.3) is 0 Å². The Balaban J connectivity index is 2.89. The summed E-state index contributed by atoms with van der Waals surface area (Å²) in [5.41, 5.74) is 0.867. The van der Waals surface area contributed by atoms with E-state index in [1.807, 2.05) is 11.0 Å². The molecule has 0 aliphatic carbocycles. The molecule has 2 unspecified atom stereocenters. The third kappa shape index (κ3) is 5.05. The van der Waals surface area contributed by atoms with Crippen molar-refractivity contribution in [3.8, 4) is 0 Å². The fourth-order valence-corrected chi connectivity index (χ4v) is 2.44. The highest BCUT2D eigenvalue weighted by molar-refractivity contribution is 6.42. The van der Waals surface area contributed by atoms with Crippen LogP contribution >= 0.6 is 23.2 Å². The molecule has 1 aromatic carbocycles. The van der Waals surface area contributed by atoms with Crippen molar-refractivity contribution in [2.45, 2.75) is 52.6 Å². The van der Waals surface area contributed by atoms with Crippen LogP contribution in [0.5, 0.6) is 0 Å². The quantitative estimate of drug-likeness (QED) is 0.637. The lowest BCUT2D eigenvalue weighted by atomic mass is 10.1. The number of halogens is 2. The zero-order valence-corrected chi connectivity index (χ0v) is 14.6. The molecule has 21 heavy (non-hydrogen) atoms. The highest BCUT2D eigenvalue weighted by Gasteiger charge is 2.21. The average molecular weight is 328 g/mol. The molecule has 0 spiro atoms. The molecular weight excluding hydrogens is 305 g/mol. The van der Waals surface area contributed by atoms with Crippen molar-refractivity contribution in [3.63, 3.8) is 0 Å². The summed E-state index contributed by atoms with van der Waals surface area (Å²) in [6.07, 6.45) is 5.27. The second-order valence-electron chi connectivity index (χ2n) is 5.27. The number of amides is 1. The lowest BCUT2D eigenvalue weighted by Crippen LogP contribution is -2.43. The van der Waals surface area contributed by atoms with E-state index in [0.717, 1.165) is 18.4 Å². The zero-order valence-electron chi connectivity index (χ0n) is 13.1. The lowest BCUT2D eigenvalue weighted by Gasteiger charge is -2.33. The number of hydrogen-bond acceptors (Lipinski definition) is 1. The molecule has 2 atom stereocenters. The van der Waals surface area contributed by atoms with E-state index >= 15 is 0 Å². The number of benzene rings is 1. The molecule has 0 bridgehead atoms. The maximum atomic E-state index is 12.4. The van der Waals surface area contributed by atoms with Gasteiger partial charge < -0.3 is 4.90 Å². The lowest BCUT2D eigenvalue weighted by molar-refractivity contribution is -0.130. The second kappa shape index (κ2) is 8.45. The fourth-order valence-electron chi connectivity index (χ4n) is 2.13. The van der Waals surface area contributed by atoms with Crippen LogP contribution in [0.4, 0.5) is 0 Å². The number of carbonyl (C=O) groups excluding carboxylic acids is 1. The minimum absolute atomic E-state index is 0.0322. The third-order valence-corrected chi connectivity index (χ3v) is 4.49. The summed E-state index contributed by atoms with van der Waals surface area (Å²) < 4.78 is 0. The molecule has 116 valence electrons. The van der Waals surface area contributed by atoms with Gasteiger partial charge in [0, 0.05) is 18.2 Å². The molecular formula is C17H23Cl2NO. The number of hydrogen-bond donors (Lipinski definition) is 0. The van der Waals surface area contributed by atoms with Crippen LogP contribution in [0.25, 0.3) is 6.08 Å². The van der Waals surface area contributed by atoms with E-state index < -0.39 is 0 Å². The smallest absolute Gasteiger partial charge is 0.247 e. The van der Waals surface area contributed by atoms with Crippen LogP contribution < -0.4 is 0 Å².